The van der Waals surface area contributed by atoms with E-state index >= 15 is 0 Å². The van der Waals surface area contributed by atoms with Crippen LogP contribution in [0.4, 0.5) is 5.82 Å². The van der Waals surface area contributed by atoms with E-state index in [2.05, 4.69) is 27.0 Å². The van der Waals surface area contributed by atoms with Crippen molar-refractivity contribution in [2.24, 2.45) is 9.98 Å². The minimum absolute atomic E-state index is 0.0677. The Kier molecular flexibility index (Phi) is 4.59. The lowest BCUT2D eigenvalue weighted by molar-refractivity contribution is -0.113. The van der Waals surface area contributed by atoms with E-state index < -0.39 is 5.91 Å². The van der Waals surface area contributed by atoms with E-state index in [4.69, 9.17) is 4.42 Å². The Labute approximate surface area is 170 Å². The molecule has 0 fully saturated rings. The number of nitrogens with zero attached hydrogens (tertiary/aromatic N) is 4. The highest BCUT2D eigenvalue weighted by Crippen LogP contribution is 2.27. The topological polar surface area (TPSA) is 102 Å². The van der Waals surface area contributed by atoms with Crippen molar-refractivity contribution < 1.29 is 14.0 Å². The molecular weight excluding hydrogens is 390 g/mol. The van der Waals surface area contributed by atoms with Crippen molar-refractivity contribution in [3.8, 4) is 10.6 Å². The zero-order valence-corrected chi connectivity index (χ0v) is 16.8. The van der Waals surface area contributed by atoms with Gasteiger partial charge in [0.1, 0.15) is 23.0 Å². The van der Waals surface area contributed by atoms with Crippen LogP contribution >= 0.6 is 11.3 Å². The largest absolute Gasteiger partial charge is 0.466 e. The molecule has 0 aliphatic carbocycles. The van der Waals surface area contributed by atoms with E-state index in [1.54, 1.807) is 32.9 Å². The molecule has 0 spiro atoms. The average molecular weight is 407 g/mol. The molecule has 0 bridgehead atoms. The van der Waals surface area contributed by atoms with Gasteiger partial charge in [-0.1, -0.05) is 12.6 Å². The Bertz CT molecular complexity index is 1210. The number of thiophene rings is 1. The van der Waals surface area contributed by atoms with Gasteiger partial charge in [-0.05, 0) is 38.3 Å². The molecule has 146 valence electrons. The van der Waals surface area contributed by atoms with Gasteiger partial charge in [-0.15, -0.1) is 11.3 Å². The van der Waals surface area contributed by atoms with Crippen LogP contribution in [0.15, 0.2) is 56.2 Å². The maximum atomic E-state index is 12.8. The minimum atomic E-state index is -0.487. The van der Waals surface area contributed by atoms with Crippen LogP contribution in [0.25, 0.3) is 10.6 Å². The fraction of sp³-hybridized carbons (Fsp3) is 0.150. The number of hydrogen-bond donors (Lipinski definition) is 1. The van der Waals surface area contributed by atoms with Gasteiger partial charge >= 0.3 is 0 Å². The van der Waals surface area contributed by atoms with Crippen molar-refractivity contribution in [1.82, 2.24) is 9.78 Å². The van der Waals surface area contributed by atoms with Gasteiger partial charge in [0, 0.05) is 6.07 Å². The summed E-state index contributed by atoms with van der Waals surface area (Å²) < 4.78 is 6.79. The normalized spacial score (nSPS) is 14.0. The summed E-state index contributed by atoms with van der Waals surface area (Å²) >= 11 is 1.51. The van der Waals surface area contributed by atoms with Crippen LogP contribution in [-0.2, 0) is 4.79 Å². The lowest BCUT2D eigenvalue weighted by Crippen LogP contribution is -2.25. The van der Waals surface area contributed by atoms with Crippen molar-refractivity contribution in [2.45, 2.75) is 20.8 Å². The molecule has 0 unspecified atom stereocenters. The molecule has 2 amide bonds. The second kappa shape index (κ2) is 7.10. The van der Waals surface area contributed by atoms with Crippen LogP contribution in [0, 0.1) is 13.8 Å². The Morgan fingerprint density at radius 3 is 2.66 bits per heavy atom. The number of aromatic nitrogens is 2. The van der Waals surface area contributed by atoms with Crippen molar-refractivity contribution in [1.29, 1.82) is 0 Å². The number of aliphatic imine (C=N–C) groups is 2. The standard InChI is InChI=1S/C20H17N5O3S/c1-10-8-14(13(4)28-10)19(27)22-17-9-15(16-6-5-7-29-16)24-25(17)20-21-12(3)11(2)18(26)23-20/h5-9H,2H2,1,3-4H3,(H,22,27). The summed E-state index contributed by atoms with van der Waals surface area (Å²) in [7, 11) is 0. The molecule has 3 aromatic heterocycles. The molecule has 4 heterocycles. The van der Waals surface area contributed by atoms with Gasteiger partial charge in [-0.25, -0.2) is 4.99 Å². The van der Waals surface area contributed by atoms with Gasteiger partial charge in [0.15, 0.2) is 0 Å². The predicted molar refractivity (Wildman–Crippen MR) is 112 cm³/mol. The molecule has 0 saturated heterocycles. The maximum Gasteiger partial charge on any atom is 0.281 e. The Morgan fingerprint density at radius 1 is 1.24 bits per heavy atom. The second-order valence-corrected chi connectivity index (χ2v) is 7.43. The smallest absolute Gasteiger partial charge is 0.281 e. The molecule has 0 radical (unpaired) electrons. The highest BCUT2D eigenvalue weighted by atomic mass is 32.1. The fourth-order valence-electron chi connectivity index (χ4n) is 2.86. The van der Waals surface area contributed by atoms with Crippen LogP contribution in [0.2, 0.25) is 0 Å². The van der Waals surface area contributed by atoms with Crippen LogP contribution in [0.1, 0.15) is 28.8 Å². The summed E-state index contributed by atoms with van der Waals surface area (Å²) in [5, 5.41) is 9.27. The van der Waals surface area contributed by atoms with Crippen LogP contribution < -0.4 is 5.32 Å². The predicted octanol–water partition coefficient (Wildman–Crippen LogP) is 3.84. The molecule has 0 aromatic carbocycles. The number of amides is 2. The van der Waals surface area contributed by atoms with Gasteiger partial charge in [-0.3, -0.25) is 9.59 Å². The van der Waals surface area contributed by atoms with Gasteiger partial charge in [0.25, 0.3) is 17.8 Å². The number of anilines is 1. The quantitative estimate of drug-likeness (QED) is 0.667. The molecule has 1 aliphatic heterocycles. The van der Waals surface area contributed by atoms with Crippen LogP contribution in [0.3, 0.4) is 0 Å². The monoisotopic (exact) mass is 407 g/mol. The number of rotatable bonds is 3. The molecule has 4 rings (SSSR count). The van der Waals surface area contributed by atoms with Crippen molar-refractivity contribution in [3.63, 3.8) is 0 Å². The first kappa shape index (κ1) is 18.8. The summed E-state index contributed by atoms with van der Waals surface area (Å²) in [6.45, 7) is 8.85. The van der Waals surface area contributed by atoms with E-state index in [9.17, 15) is 9.59 Å². The maximum absolute atomic E-state index is 12.8. The summed E-state index contributed by atoms with van der Waals surface area (Å²) in [6.07, 6.45) is 0. The van der Waals surface area contributed by atoms with Crippen LogP contribution in [-0.4, -0.2) is 33.3 Å². The van der Waals surface area contributed by atoms with Gasteiger partial charge < -0.3 is 9.73 Å². The molecule has 1 aliphatic rings. The lowest BCUT2D eigenvalue weighted by Gasteiger charge is -2.12. The molecule has 0 atom stereocenters. The number of carbonyl (C=O) groups is 2. The van der Waals surface area contributed by atoms with Crippen molar-refractivity contribution >= 4 is 40.6 Å². The summed E-state index contributed by atoms with van der Waals surface area (Å²) in [4.78, 5) is 34.1. The first-order valence-corrected chi connectivity index (χ1v) is 9.61. The molecule has 1 N–H and O–H groups in total. The third-order valence-corrected chi connectivity index (χ3v) is 5.26. The fourth-order valence-corrected chi connectivity index (χ4v) is 3.54. The molecule has 3 aromatic rings. The summed E-state index contributed by atoms with van der Waals surface area (Å²) in [6, 6.07) is 7.20. The zero-order valence-electron chi connectivity index (χ0n) is 16.0. The SMILES string of the molecule is C=C1C(=O)N=C(n2nc(-c3cccs3)cc2NC(=O)c2cc(C)oc2C)N=C1C. The van der Waals surface area contributed by atoms with E-state index in [1.165, 1.54) is 16.0 Å². The number of furan rings is 1. The molecule has 29 heavy (non-hydrogen) atoms. The highest BCUT2D eigenvalue weighted by molar-refractivity contribution is 7.13. The van der Waals surface area contributed by atoms with Crippen molar-refractivity contribution in [2.75, 3.05) is 5.32 Å². The Morgan fingerprint density at radius 2 is 2.03 bits per heavy atom. The zero-order chi connectivity index (χ0) is 20.7. The number of nitrogens with one attached hydrogen (secondary N) is 1. The average Bonchev–Trinajstić information content (AvgIpc) is 3.39. The molecule has 8 nitrogen and oxygen atoms in total. The third-order valence-electron chi connectivity index (χ3n) is 4.36. The van der Waals surface area contributed by atoms with Gasteiger partial charge in [0.05, 0.1) is 21.7 Å². The van der Waals surface area contributed by atoms with Crippen molar-refractivity contribution in [3.05, 3.63) is 58.9 Å². The number of hydrogen-bond acceptors (Lipinski definition) is 6. The lowest BCUT2D eigenvalue weighted by atomic mass is 10.2. The van der Waals surface area contributed by atoms with E-state index in [0.29, 0.717) is 34.3 Å². The van der Waals surface area contributed by atoms with E-state index in [-0.39, 0.29) is 17.4 Å². The van der Waals surface area contributed by atoms with Gasteiger partial charge in [-0.2, -0.15) is 14.8 Å². The third kappa shape index (κ3) is 3.47. The Hall–Kier alpha value is -3.59. The molecular formula is C20H17N5O3S. The number of carbonyl (C=O) groups excluding carboxylic acids is 2. The second-order valence-electron chi connectivity index (χ2n) is 6.48. The number of aryl methyl sites for hydroxylation is 2. The van der Waals surface area contributed by atoms with E-state index in [0.717, 1.165) is 4.88 Å². The van der Waals surface area contributed by atoms with E-state index in [1.807, 2.05) is 17.5 Å². The Balaban J connectivity index is 1.77. The summed E-state index contributed by atoms with van der Waals surface area (Å²) in [5.74, 6) is 0.719. The van der Waals surface area contributed by atoms with Crippen LogP contribution in [0.5, 0.6) is 0 Å². The molecule has 9 heteroatoms. The first-order chi connectivity index (χ1) is 13.8. The first-order valence-electron chi connectivity index (χ1n) is 8.74. The summed E-state index contributed by atoms with van der Waals surface area (Å²) in [5.41, 5.74) is 1.73. The van der Waals surface area contributed by atoms with Gasteiger partial charge in [0.2, 0.25) is 0 Å². The highest BCUT2D eigenvalue weighted by Gasteiger charge is 2.23. The minimum Gasteiger partial charge on any atom is -0.466 e. The molecule has 0 saturated carbocycles.